The smallest absolute Gasteiger partial charge is 0.274 e. The summed E-state index contributed by atoms with van der Waals surface area (Å²) in [7, 11) is 0. The van der Waals surface area contributed by atoms with Crippen LogP contribution < -0.4 is 19.3 Å². The molecule has 37 heavy (non-hydrogen) atoms. The number of anilines is 2. The molecule has 0 radical (unpaired) electrons. The highest BCUT2D eigenvalue weighted by molar-refractivity contribution is 6.31. The first-order valence-electron chi connectivity index (χ1n) is 11.6. The van der Waals surface area contributed by atoms with E-state index in [1.54, 1.807) is 72.8 Å². The van der Waals surface area contributed by atoms with E-state index >= 15 is 0 Å². The molecule has 0 bridgehead atoms. The van der Waals surface area contributed by atoms with E-state index in [1.165, 1.54) is 9.80 Å². The third-order valence-electron chi connectivity index (χ3n) is 5.87. The molecule has 1 aliphatic heterocycles. The van der Waals surface area contributed by atoms with Crippen LogP contribution in [0.1, 0.15) is 0 Å². The molecule has 0 aliphatic carbocycles. The molecule has 0 N–H and O–H groups in total. The molecular weight excluding hydrogens is 511 g/mol. The van der Waals surface area contributed by atoms with Gasteiger partial charge >= 0.3 is 0 Å². The van der Waals surface area contributed by atoms with Gasteiger partial charge in [-0.05, 0) is 72.8 Å². The van der Waals surface area contributed by atoms with Gasteiger partial charge in [0, 0.05) is 21.4 Å². The molecule has 4 aromatic rings. The van der Waals surface area contributed by atoms with Crippen molar-refractivity contribution in [1.29, 1.82) is 0 Å². The number of hydrogen-bond acceptors (Lipinski definition) is 4. The lowest BCUT2D eigenvalue weighted by Gasteiger charge is -2.50. The van der Waals surface area contributed by atoms with Gasteiger partial charge in [0.15, 0.2) is 12.8 Å². The second-order valence-corrected chi connectivity index (χ2v) is 9.16. The summed E-state index contributed by atoms with van der Waals surface area (Å²) < 4.78 is 11.9. The van der Waals surface area contributed by atoms with Gasteiger partial charge < -0.3 is 9.47 Å². The largest absolute Gasteiger partial charge is 0.484 e. The monoisotopic (exact) mass is 532 g/mol. The fraction of sp³-hybridized carbons (Fsp3) is 0.103. The van der Waals surface area contributed by atoms with Crippen LogP contribution in [0.25, 0.3) is 0 Å². The van der Waals surface area contributed by atoms with Crippen molar-refractivity contribution in [2.45, 2.75) is 12.3 Å². The summed E-state index contributed by atoms with van der Waals surface area (Å²) in [6.45, 7) is -0.246. The Labute approximate surface area is 224 Å². The Morgan fingerprint density at radius 3 is 1.89 bits per heavy atom. The minimum absolute atomic E-state index is 0.246. The molecule has 2 amide bonds. The van der Waals surface area contributed by atoms with Crippen molar-refractivity contribution in [2.24, 2.45) is 0 Å². The molecule has 0 spiro atoms. The second-order valence-electron chi connectivity index (χ2n) is 8.29. The molecular formula is C29H22Cl2N2O4. The SMILES string of the molecule is O=C(COc1ccccc1)N(c1ccc(Cl)cc1)[C@@H]1[C@@H](Oc2ccccc2)C(=O)N1c1ccc(Cl)cc1. The maximum Gasteiger partial charge on any atom is 0.274 e. The van der Waals surface area contributed by atoms with E-state index in [2.05, 4.69) is 0 Å². The van der Waals surface area contributed by atoms with Gasteiger partial charge in [0.2, 0.25) is 6.10 Å². The number of β-lactam (4-membered cyclic amide) rings is 1. The molecule has 0 saturated carbocycles. The zero-order valence-electron chi connectivity index (χ0n) is 19.5. The van der Waals surface area contributed by atoms with Crippen molar-refractivity contribution >= 4 is 46.4 Å². The van der Waals surface area contributed by atoms with E-state index in [0.717, 1.165) is 0 Å². The molecule has 2 atom stereocenters. The van der Waals surface area contributed by atoms with Gasteiger partial charge in [-0.2, -0.15) is 0 Å². The van der Waals surface area contributed by atoms with Crippen molar-refractivity contribution in [1.82, 2.24) is 0 Å². The summed E-state index contributed by atoms with van der Waals surface area (Å²) in [4.78, 5) is 30.2. The lowest BCUT2D eigenvalue weighted by Crippen LogP contribution is -2.75. The lowest BCUT2D eigenvalue weighted by molar-refractivity contribution is -0.136. The number of rotatable bonds is 8. The number of carbonyl (C=O) groups excluding carboxylic acids is 2. The maximum absolute atomic E-state index is 13.7. The molecule has 1 saturated heterocycles. The molecule has 1 fully saturated rings. The first-order chi connectivity index (χ1) is 18.0. The van der Waals surface area contributed by atoms with Crippen LogP contribution in [0.15, 0.2) is 109 Å². The average molecular weight is 533 g/mol. The Balaban J connectivity index is 1.52. The van der Waals surface area contributed by atoms with E-state index in [4.69, 9.17) is 32.7 Å². The predicted octanol–water partition coefficient (Wildman–Crippen LogP) is 6.23. The lowest BCUT2D eigenvalue weighted by atomic mass is 10.0. The highest BCUT2D eigenvalue weighted by Crippen LogP contribution is 2.36. The molecule has 1 aliphatic rings. The van der Waals surface area contributed by atoms with Gasteiger partial charge in [-0.1, -0.05) is 59.6 Å². The number of ether oxygens (including phenoxy) is 2. The van der Waals surface area contributed by atoms with E-state index in [1.807, 2.05) is 36.4 Å². The minimum Gasteiger partial charge on any atom is -0.484 e. The summed E-state index contributed by atoms with van der Waals surface area (Å²) in [5, 5.41) is 1.06. The molecule has 5 rings (SSSR count). The topological polar surface area (TPSA) is 59.1 Å². The maximum atomic E-state index is 13.7. The van der Waals surface area contributed by atoms with Gasteiger partial charge in [-0.3, -0.25) is 19.4 Å². The summed E-state index contributed by atoms with van der Waals surface area (Å²) >= 11 is 12.2. The zero-order valence-corrected chi connectivity index (χ0v) is 21.0. The van der Waals surface area contributed by atoms with Crippen molar-refractivity contribution in [2.75, 3.05) is 16.4 Å². The Morgan fingerprint density at radius 1 is 0.757 bits per heavy atom. The van der Waals surface area contributed by atoms with Gasteiger partial charge in [0.25, 0.3) is 11.8 Å². The van der Waals surface area contributed by atoms with Crippen molar-refractivity contribution in [3.63, 3.8) is 0 Å². The van der Waals surface area contributed by atoms with Crippen LogP contribution in [-0.2, 0) is 9.59 Å². The van der Waals surface area contributed by atoms with Gasteiger partial charge in [0.1, 0.15) is 11.5 Å². The Morgan fingerprint density at radius 2 is 1.30 bits per heavy atom. The number of para-hydroxylation sites is 2. The minimum atomic E-state index is -0.950. The third kappa shape index (κ3) is 5.40. The summed E-state index contributed by atoms with van der Waals surface area (Å²) in [5.74, 6) is 0.435. The van der Waals surface area contributed by atoms with Crippen LogP contribution in [0.5, 0.6) is 11.5 Å². The number of hydrogen-bond donors (Lipinski definition) is 0. The van der Waals surface area contributed by atoms with Crippen LogP contribution in [0.3, 0.4) is 0 Å². The summed E-state index contributed by atoms with van der Waals surface area (Å²) in [5.41, 5.74) is 1.13. The van der Waals surface area contributed by atoms with Crippen LogP contribution in [0.2, 0.25) is 10.0 Å². The van der Waals surface area contributed by atoms with Crippen LogP contribution in [0, 0.1) is 0 Å². The first-order valence-corrected chi connectivity index (χ1v) is 12.3. The number of nitrogens with zero attached hydrogens (tertiary/aromatic N) is 2. The summed E-state index contributed by atoms with van der Waals surface area (Å²) in [6, 6.07) is 31.8. The molecule has 0 aromatic heterocycles. The quantitative estimate of drug-likeness (QED) is 0.252. The van der Waals surface area contributed by atoms with Gasteiger partial charge in [0.05, 0.1) is 0 Å². The fourth-order valence-corrected chi connectivity index (χ4v) is 4.37. The van der Waals surface area contributed by atoms with E-state index in [-0.39, 0.29) is 18.4 Å². The van der Waals surface area contributed by atoms with E-state index in [0.29, 0.717) is 32.9 Å². The van der Waals surface area contributed by atoms with Crippen molar-refractivity contribution < 1.29 is 19.1 Å². The zero-order chi connectivity index (χ0) is 25.8. The molecule has 8 heteroatoms. The first kappa shape index (κ1) is 24.7. The fourth-order valence-electron chi connectivity index (χ4n) is 4.11. The average Bonchev–Trinajstić information content (AvgIpc) is 2.93. The Kier molecular flexibility index (Phi) is 7.30. The molecule has 1 heterocycles. The highest BCUT2D eigenvalue weighted by atomic mass is 35.5. The van der Waals surface area contributed by atoms with Crippen LogP contribution in [-0.4, -0.2) is 30.7 Å². The van der Waals surface area contributed by atoms with Gasteiger partial charge in [-0.25, -0.2) is 0 Å². The molecule has 186 valence electrons. The Bertz CT molecular complexity index is 1370. The Hall–Kier alpha value is -4.00. The highest BCUT2D eigenvalue weighted by Gasteiger charge is 2.55. The van der Waals surface area contributed by atoms with Crippen molar-refractivity contribution in [3.05, 3.63) is 119 Å². The van der Waals surface area contributed by atoms with E-state index < -0.39 is 12.3 Å². The molecule has 0 unspecified atom stereocenters. The molecule has 4 aromatic carbocycles. The van der Waals surface area contributed by atoms with Crippen molar-refractivity contribution in [3.8, 4) is 11.5 Å². The summed E-state index contributed by atoms with van der Waals surface area (Å²) in [6.07, 6.45) is -1.74. The normalized spacial score (nSPS) is 16.6. The molecule has 6 nitrogen and oxygen atoms in total. The standard InChI is InChI=1S/C29H22Cl2N2O4/c30-20-11-15-22(16-12-20)32(26(34)19-36-24-7-3-1-4-8-24)28-27(37-25-9-5-2-6-10-25)29(35)33(28)23-17-13-21(31)14-18-23/h1-18,27-28H,19H2/t27-,28+/m1/s1. The van der Waals surface area contributed by atoms with Gasteiger partial charge in [-0.15, -0.1) is 0 Å². The number of amides is 2. The number of halogens is 2. The van der Waals surface area contributed by atoms with Crippen LogP contribution >= 0.6 is 23.2 Å². The second kappa shape index (κ2) is 10.9. The predicted molar refractivity (Wildman–Crippen MR) is 144 cm³/mol. The number of benzene rings is 4. The third-order valence-corrected chi connectivity index (χ3v) is 6.37. The van der Waals surface area contributed by atoms with Crippen LogP contribution in [0.4, 0.5) is 11.4 Å². The van der Waals surface area contributed by atoms with E-state index in [9.17, 15) is 9.59 Å². The number of carbonyl (C=O) groups is 2.